The molecule has 0 bridgehead atoms. The van der Waals surface area contributed by atoms with Gasteiger partial charge in [0.05, 0.1) is 5.69 Å². The van der Waals surface area contributed by atoms with Crippen molar-refractivity contribution < 1.29 is 14.3 Å². The van der Waals surface area contributed by atoms with Crippen LogP contribution in [0.3, 0.4) is 0 Å². The predicted molar refractivity (Wildman–Crippen MR) is 109 cm³/mol. The number of ketones is 1. The molecule has 1 atom stereocenters. The van der Waals surface area contributed by atoms with Crippen LogP contribution in [0.4, 0.5) is 5.69 Å². The van der Waals surface area contributed by atoms with Gasteiger partial charge in [-0.1, -0.05) is 76.6 Å². The van der Waals surface area contributed by atoms with E-state index < -0.39 is 6.10 Å². The lowest BCUT2D eigenvalue weighted by molar-refractivity contribution is -0.126. The molecule has 3 rings (SSSR count). The lowest BCUT2D eigenvalue weighted by atomic mass is 10.0. The largest absolute Gasteiger partial charge is 0.367 e. The molecule has 0 aliphatic heterocycles. The normalized spacial score (nSPS) is 11.6. The number of nitrogens with one attached hydrogen (secondary N) is 1. The lowest BCUT2D eigenvalue weighted by Crippen LogP contribution is -2.23. The third kappa shape index (κ3) is 4.51. The van der Waals surface area contributed by atoms with Crippen LogP contribution in [0, 0.1) is 0 Å². The first-order valence-electron chi connectivity index (χ1n) is 8.38. The van der Waals surface area contributed by atoms with E-state index in [1.54, 1.807) is 42.5 Å². The molecule has 0 saturated heterocycles. The first kappa shape index (κ1) is 19.0. The van der Waals surface area contributed by atoms with E-state index in [0.717, 1.165) is 10.0 Å². The van der Waals surface area contributed by atoms with Crippen LogP contribution in [0.5, 0.6) is 0 Å². The Bertz CT molecular complexity index is 942. The summed E-state index contributed by atoms with van der Waals surface area (Å²) in [6.45, 7) is 0. The summed E-state index contributed by atoms with van der Waals surface area (Å²) >= 11 is 3.39. The van der Waals surface area contributed by atoms with Crippen molar-refractivity contribution in [3.8, 4) is 0 Å². The number of rotatable bonds is 6. The Morgan fingerprint density at radius 1 is 0.926 bits per heavy atom. The van der Waals surface area contributed by atoms with Gasteiger partial charge in [-0.15, -0.1) is 0 Å². The maximum absolute atomic E-state index is 12.9. The SMILES string of the molecule is CO[C@H](C(=O)Nc1ccc(Br)cc1C(=O)c1ccccc1)c1ccccc1. The molecule has 3 aromatic carbocycles. The number of anilines is 1. The highest BCUT2D eigenvalue weighted by Crippen LogP contribution is 2.26. The van der Waals surface area contributed by atoms with E-state index in [4.69, 9.17) is 4.74 Å². The molecular formula is C22H18BrNO3. The second-order valence-electron chi connectivity index (χ2n) is 5.90. The molecule has 0 aliphatic carbocycles. The number of carbonyl (C=O) groups excluding carboxylic acids is 2. The molecule has 5 heteroatoms. The fourth-order valence-corrected chi connectivity index (χ4v) is 3.14. The zero-order chi connectivity index (χ0) is 19.2. The minimum atomic E-state index is -0.769. The fourth-order valence-electron chi connectivity index (χ4n) is 2.78. The first-order valence-corrected chi connectivity index (χ1v) is 9.17. The van der Waals surface area contributed by atoms with Gasteiger partial charge in [-0.3, -0.25) is 9.59 Å². The highest BCUT2D eigenvalue weighted by molar-refractivity contribution is 9.10. The molecule has 136 valence electrons. The lowest BCUT2D eigenvalue weighted by Gasteiger charge is -2.17. The average Bonchev–Trinajstić information content (AvgIpc) is 2.71. The Kier molecular flexibility index (Phi) is 6.16. The van der Waals surface area contributed by atoms with Crippen molar-refractivity contribution in [2.75, 3.05) is 12.4 Å². The van der Waals surface area contributed by atoms with Crippen LogP contribution in [-0.2, 0) is 9.53 Å². The second kappa shape index (κ2) is 8.75. The van der Waals surface area contributed by atoms with Gasteiger partial charge in [0.15, 0.2) is 11.9 Å². The Morgan fingerprint density at radius 3 is 2.19 bits per heavy atom. The van der Waals surface area contributed by atoms with E-state index in [1.165, 1.54) is 7.11 Å². The Balaban J connectivity index is 1.91. The van der Waals surface area contributed by atoms with E-state index in [2.05, 4.69) is 21.2 Å². The van der Waals surface area contributed by atoms with Gasteiger partial charge in [0, 0.05) is 22.7 Å². The zero-order valence-corrected chi connectivity index (χ0v) is 16.3. The van der Waals surface area contributed by atoms with Crippen LogP contribution in [0.2, 0.25) is 0 Å². The van der Waals surface area contributed by atoms with E-state index >= 15 is 0 Å². The molecule has 27 heavy (non-hydrogen) atoms. The van der Waals surface area contributed by atoms with Crippen molar-refractivity contribution in [1.29, 1.82) is 0 Å². The average molecular weight is 424 g/mol. The minimum Gasteiger partial charge on any atom is -0.367 e. The number of amides is 1. The highest BCUT2D eigenvalue weighted by Gasteiger charge is 2.22. The number of methoxy groups -OCH3 is 1. The van der Waals surface area contributed by atoms with Crippen molar-refractivity contribution in [3.63, 3.8) is 0 Å². The minimum absolute atomic E-state index is 0.166. The summed E-state index contributed by atoms with van der Waals surface area (Å²) in [6, 6.07) is 23.4. The molecule has 3 aromatic rings. The molecular weight excluding hydrogens is 406 g/mol. The number of ether oxygens (including phenoxy) is 1. The van der Waals surface area contributed by atoms with Crippen molar-refractivity contribution in [3.05, 3.63) is 100 Å². The molecule has 1 N–H and O–H groups in total. The summed E-state index contributed by atoms with van der Waals surface area (Å²) in [6.07, 6.45) is -0.769. The van der Waals surface area contributed by atoms with Crippen LogP contribution in [0.1, 0.15) is 27.6 Å². The molecule has 1 amide bonds. The number of benzene rings is 3. The number of carbonyl (C=O) groups is 2. The van der Waals surface area contributed by atoms with Gasteiger partial charge in [0.25, 0.3) is 5.91 Å². The van der Waals surface area contributed by atoms with Crippen molar-refractivity contribution in [2.24, 2.45) is 0 Å². The number of hydrogen-bond acceptors (Lipinski definition) is 3. The summed E-state index contributed by atoms with van der Waals surface area (Å²) in [7, 11) is 1.48. The van der Waals surface area contributed by atoms with E-state index in [-0.39, 0.29) is 11.7 Å². The summed E-state index contributed by atoms with van der Waals surface area (Å²) < 4.78 is 6.13. The third-order valence-corrected chi connectivity index (χ3v) is 4.59. The van der Waals surface area contributed by atoms with Gasteiger partial charge in [-0.05, 0) is 23.8 Å². The van der Waals surface area contributed by atoms with E-state index in [1.807, 2.05) is 36.4 Å². The molecule has 0 spiro atoms. The topological polar surface area (TPSA) is 55.4 Å². The summed E-state index contributed by atoms with van der Waals surface area (Å²) in [4.78, 5) is 25.7. The quantitative estimate of drug-likeness (QED) is 0.567. The van der Waals surface area contributed by atoms with Gasteiger partial charge in [-0.2, -0.15) is 0 Å². The summed E-state index contributed by atoms with van der Waals surface area (Å²) in [5.41, 5.74) is 2.14. The molecule has 0 aliphatic rings. The van der Waals surface area contributed by atoms with Crippen LogP contribution < -0.4 is 5.32 Å². The molecule has 0 fully saturated rings. The molecule has 4 nitrogen and oxygen atoms in total. The maximum Gasteiger partial charge on any atom is 0.258 e. The predicted octanol–water partition coefficient (Wildman–Crippen LogP) is 5.01. The monoisotopic (exact) mass is 423 g/mol. The second-order valence-corrected chi connectivity index (χ2v) is 6.82. The fraction of sp³-hybridized carbons (Fsp3) is 0.0909. The maximum atomic E-state index is 12.9. The van der Waals surface area contributed by atoms with Gasteiger partial charge >= 0.3 is 0 Å². The van der Waals surface area contributed by atoms with Gasteiger partial charge < -0.3 is 10.1 Å². The van der Waals surface area contributed by atoms with Gasteiger partial charge in [0.1, 0.15) is 0 Å². The first-order chi connectivity index (χ1) is 13.1. The van der Waals surface area contributed by atoms with Crippen molar-refractivity contribution in [1.82, 2.24) is 0 Å². The van der Waals surface area contributed by atoms with Crippen LogP contribution in [0.15, 0.2) is 83.3 Å². The Hall–Kier alpha value is -2.76. The zero-order valence-electron chi connectivity index (χ0n) is 14.7. The molecule has 0 aromatic heterocycles. The van der Waals surface area contributed by atoms with Crippen molar-refractivity contribution in [2.45, 2.75) is 6.10 Å². The molecule has 0 saturated carbocycles. The summed E-state index contributed by atoms with van der Waals surface area (Å²) in [5.74, 6) is -0.506. The standard InChI is InChI=1S/C22H18BrNO3/c1-27-21(16-10-6-3-7-11-16)22(26)24-19-13-12-17(23)14-18(19)20(25)15-8-4-2-5-9-15/h2-14,21H,1H3,(H,24,26)/t21-/m0/s1. The highest BCUT2D eigenvalue weighted by atomic mass is 79.9. The number of hydrogen-bond donors (Lipinski definition) is 1. The smallest absolute Gasteiger partial charge is 0.258 e. The molecule has 0 heterocycles. The van der Waals surface area contributed by atoms with Crippen LogP contribution >= 0.6 is 15.9 Å². The Morgan fingerprint density at radius 2 is 1.56 bits per heavy atom. The molecule has 0 unspecified atom stereocenters. The number of halogens is 1. The third-order valence-electron chi connectivity index (χ3n) is 4.10. The van der Waals surface area contributed by atoms with E-state index in [0.29, 0.717) is 16.8 Å². The van der Waals surface area contributed by atoms with Crippen LogP contribution in [-0.4, -0.2) is 18.8 Å². The van der Waals surface area contributed by atoms with Crippen LogP contribution in [0.25, 0.3) is 0 Å². The summed E-state index contributed by atoms with van der Waals surface area (Å²) in [5, 5.41) is 2.83. The van der Waals surface area contributed by atoms with Crippen molar-refractivity contribution >= 4 is 33.3 Å². The van der Waals surface area contributed by atoms with E-state index in [9.17, 15) is 9.59 Å². The van der Waals surface area contributed by atoms with Gasteiger partial charge in [0.2, 0.25) is 0 Å². The van der Waals surface area contributed by atoms with Gasteiger partial charge in [-0.25, -0.2) is 0 Å². The Labute approximate surface area is 166 Å². The molecule has 0 radical (unpaired) electrons.